The maximum atomic E-state index is 12.9. The largest absolute Gasteiger partial charge is 0.352 e. The normalized spacial score (nSPS) is 14.6. The van der Waals surface area contributed by atoms with E-state index in [2.05, 4.69) is 10.6 Å². The topological polar surface area (TPSA) is 41.1 Å². The summed E-state index contributed by atoms with van der Waals surface area (Å²) in [7, 11) is 0. The van der Waals surface area contributed by atoms with E-state index < -0.39 is 0 Å². The zero-order chi connectivity index (χ0) is 12.1. The SMILES string of the molecule is O=C(CCNC1CC1)NCc1cccc(F)c1. The number of carbonyl (C=O) groups is 1. The fraction of sp³-hybridized carbons (Fsp3) is 0.462. The summed E-state index contributed by atoms with van der Waals surface area (Å²) in [6.45, 7) is 1.11. The summed E-state index contributed by atoms with van der Waals surface area (Å²) in [5, 5.41) is 6.05. The van der Waals surface area contributed by atoms with Crippen LogP contribution in [0.2, 0.25) is 0 Å². The molecule has 0 spiro atoms. The molecule has 2 N–H and O–H groups in total. The molecule has 1 aromatic carbocycles. The first-order chi connectivity index (χ1) is 8.24. The van der Waals surface area contributed by atoms with Gasteiger partial charge in [0.25, 0.3) is 0 Å². The van der Waals surface area contributed by atoms with Crippen molar-refractivity contribution in [2.45, 2.75) is 31.8 Å². The number of carbonyl (C=O) groups excluding carboxylic acids is 1. The summed E-state index contributed by atoms with van der Waals surface area (Å²) in [5.41, 5.74) is 0.786. The van der Waals surface area contributed by atoms with Crippen molar-refractivity contribution in [2.75, 3.05) is 6.54 Å². The van der Waals surface area contributed by atoms with Crippen LogP contribution in [-0.4, -0.2) is 18.5 Å². The third kappa shape index (κ3) is 4.53. The van der Waals surface area contributed by atoms with Gasteiger partial charge in [0.15, 0.2) is 0 Å². The van der Waals surface area contributed by atoms with E-state index in [1.165, 1.54) is 25.0 Å². The molecule has 1 saturated carbocycles. The van der Waals surface area contributed by atoms with Crippen LogP contribution < -0.4 is 10.6 Å². The van der Waals surface area contributed by atoms with Gasteiger partial charge in [0.2, 0.25) is 5.91 Å². The summed E-state index contributed by atoms with van der Waals surface area (Å²) < 4.78 is 12.9. The lowest BCUT2D eigenvalue weighted by Crippen LogP contribution is -2.28. The van der Waals surface area contributed by atoms with E-state index in [9.17, 15) is 9.18 Å². The third-order valence-electron chi connectivity index (χ3n) is 2.74. The Kier molecular flexibility index (Phi) is 4.09. The molecule has 17 heavy (non-hydrogen) atoms. The minimum Gasteiger partial charge on any atom is -0.352 e. The van der Waals surface area contributed by atoms with Crippen molar-refractivity contribution in [1.29, 1.82) is 0 Å². The minimum atomic E-state index is -0.271. The molecule has 0 radical (unpaired) electrons. The minimum absolute atomic E-state index is 0.00223. The molecule has 1 amide bonds. The Morgan fingerprint density at radius 3 is 2.94 bits per heavy atom. The molecular formula is C13H17FN2O. The molecule has 0 atom stereocenters. The number of amides is 1. The highest BCUT2D eigenvalue weighted by molar-refractivity contribution is 5.76. The van der Waals surface area contributed by atoms with Gasteiger partial charge in [-0.1, -0.05) is 12.1 Å². The van der Waals surface area contributed by atoms with Crippen LogP contribution in [0.1, 0.15) is 24.8 Å². The van der Waals surface area contributed by atoms with Crippen molar-refractivity contribution in [1.82, 2.24) is 10.6 Å². The van der Waals surface area contributed by atoms with Crippen molar-refractivity contribution in [3.63, 3.8) is 0 Å². The Labute approximate surface area is 100 Å². The second kappa shape index (κ2) is 5.77. The van der Waals surface area contributed by atoms with Crippen LogP contribution in [-0.2, 0) is 11.3 Å². The molecule has 0 heterocycles. The van der Waals surface area contributed by atoms with Gasteiger partial charge in [0.1, 0.15) is 5.82 Å². The quantitative estimate of drug-likeness (QED) is 0.787. The lowest BCUT2D eigenvalue weighted by molar-refractivity contribution is -0.121. The van der Waals surface area contributed by atoms with E-state index in [-0.39, 0.29) is 11.7 Å². The van der Waals surface area contributed by atoms with Crippen molar-refractivity contribution in [3.05, 3.63) is 35.6 Å². The van der Waals surface area contributed by atoms with Crippen LogP contribution in [0.4, 0.5) is 4.39 Å². The van der Waals surface area contributed by atoms with E-state index in [4.69, 9.17) is 0 Å². The highest BCUT2D eigenvalue weighted by atomic mass is 19.1. The average molecular weight is 236 g/mol. The van der Waals surface area contributed by atoms with Gasteiger partial charge in [-0.15, -0.1) is 0 Å². The second-order valence-corrected chi connectivity index (χ2v) is 4.39. The summed E-state index contributed by atoms with van der Waals surface area (Å²) in [6, 6.07) is 6.90. The molecule has 1 aromatic rings. The molecule has 1 aliphatic carbocycles. The number of nitrogens with one attached hydrogen (secondary N) is 2. The van der Waals surface area contributed by atoms with E-state index in [1.54, 1.807) is 12.1 Å². The fourth-order valence-electron chi connectivity index (χ4n) is 1.61. The molecular weight excluding hydrogens is 219 g/mol. The maximum Gasteiger partial charge on any atom is 0.221 e. The zero-order valence-corrected chi connectivity index (χ0v) is 9.71. The van der Waals surface area contributed by atoms with E-state index in [0.29, 0.717) is 19.0 Å². The van der Waals surface area contributed by atoms with E-state index in [0.717, 1.165) is 12.1 Å². The third-order valence-corrected chi connectivity index (χ3v) is 2.74. The number of halogens is 1. The molecule has 0 aliphatic heterocycles. The van der Waals surface area contributed by atoms with Crippen LogP contribution in [0.3, 0.4) is 0 Å². The van der Waals surface area contributed by atoms with Gasteiger partial charge < -0.3 is 10.6 Å². The van der Waals surface area contributed by atoms with Crippen LogP contribution in [0.25, 0.3) is 0 Å². The van der Waals surface area contributed by atoms with Crippen LogP contribution in [0.15, 0.2) is 24.3 Å². The highest BCUT2D eigenvalue weighted by Crippen LogP contribution is 2.18. The number of hydrogen-bond acceptors (Lipinski definition) is 2. The molecule has 1 aliphatic rings. The molecule has 92 valence electrons. The Bertz CT molecular complexity index is 391. The van der Waals surface area contributed by atoms with Gasteiger partial charge in [0, 0.05) is 25.6 Å². The van der Waals surface area contributed by atoms with Crippen LogP contribution in [0.5, 0.6) is 0 Å². The van der Waals surface area contributed by atoms with E-state index in [1.807, 2.05) is 0 Å². The molecule has 3 nitrogen and oxygen atoms in total. The van der Waals surface area contributed by atoms with Crippen molar-refractivity contribution >= 4 is 5.91 Å². The monoisotopic (exact) mass is 236 g/mol. The summed E-state index contributed by atoms with van der Waals surface area (Å²) in [5.74, 6) is -0.269. The summed E-state index contributed by atoms with van der Waals surface area (Å²) in [6.07, 6.45) is 2.93. The number of hydrogen-bond donors (Lipinski definition) is 2. The predicted molar refractivity (Wildman–Crippen MR) is 63.9 cm³/mol. The number of rotatable bonds is 6. The van der Waals surface area contributed by atoms with E-state index >= 15 is 0 Å². The maximum absolute atomic E-state index is 12.9. The Morgan fingerprint density at radius 1 is 1.41 bits per heavy atom. The Balaban J connectivity index is 1.64. The lowest BCUT2D eigenvalue weighted by atomic mass is 10.2. The molecule has 1 fully saturated rings. The summed E-state index contributed by atoms with van der Waals surface area (Å²) in [4.78, 5) is 11.5. The second-order valence-electron chi connectivity index (χ2n) is 4.39. The smallest absolute Gasteiger partial charge is 0.221 e. The first-order valence-corrected chi connectivity index (χ1v) is 5.98. The zero-order valence-electron chi connectivity index (χ0n) is 9.71. The van der Waals surface area contributed by atoms with Gasteiger partial charge in [-0.3, -0.25) is 4.79 Å². The number of benzene rings is 1. The first-order valence-electron chi connectivity index (χ1n) is 5.98. The Morgan fingerprint density at radius 2 is 2.24 bits per heavy atom. The van der Waals surface area contributed by atoms with Crippen LogP contribution in [0, 0.1) is 5.82 Å². The van der Waals surface area contributed by atoms with Gasteiger partial charge in [-0.25, -0.2) is 4.39 Å². The van der Waals surface area contributed by atoms with Crippen LogP contribution >= 0.6 is 0 Å². The van der Waals surface area contributed by atoms with Gasteiger partial charge in [-0.2, -0.15) is 0 Å². The van der Waals surface area contributed by atoms with Gasteiger partial charge >= 0.3 is 0 Å². The molecule has 2 rings (SSSR count). The first kappa shape index (κ1) is 12.0. The molecule has 0 aromatic heterocycles. The predicted octanol–water partition coefficient (Wildman–Crippen LogP) is 1.58. The summed E-state index contributed by atoms with van der Waals surface area (Å²) >= 11 is 0. The van der Waals surface area contributed by atoms with Gasteiger partial charge in [-0.05, 0) is 30.5 Å². The molecule has 0 saturated heterocycles. The molecule has 4 heteroatoms. The standard InChI is InChI=1S/C13H17FN2O/c14-11-3-1-2-10(8-11)9-16-13(17)6-7-15-12-4-5-12/h1-3,8,12,15H,4-7,9H2,(H,16,17). The Hall–Kier alpha value is -1.42. The lowest BCUT2D eigenvalue weighted by Gasteiger charge is -2.06. The van der Waals surface area contributed by atoms with Crippen molar-refractivity contribution in [3.8, 4) is 0 Å². The average Bonchev–Trinajstić information content (AvgIpc) is 3.11. The van der Waals surface area contributed by atoms with Crippen molar-refractivity contribution < 1.29 is 9.18 Å². The fourth-order valence-corrected chi connectivity index (χ4v) is 1.61. The highest BCUT2D eigenvalue weighted by Gasteiger charge is 2.19. The molecule has 0 unspecified atom stereocenters. The van der Waals surface area contributed by atoms with Crippen molar-refractivity contribution in [2.24, 2.45) is 0 Å². The molecule has 0 bridgehead atoms. The van der Waals surface area contributed by atoms with Gasteiger partial charge in [0.05, 0.1) is 0 Å².